The van der Waals surface area contributed by atoms with Crippen molar-refractivity contribution >= 4 is 22.6 Å². The number of hydrogen-bond acceptors (Lipinski definition) is 3. The Labute approximate surface area is 93.1 Å². The number of hydrogen-bond donors (Lipinski definition) is 1. The molecule has 0 saturated heterocycles. The fraction of sp³-hybridized carbons (Fsp3) is 0.250. The highest BCUT2D eigenvalue weighted by atomic mass is 127. The Bertz CT molecular complexity index is 387. The molecule has 3 nitrogen and oxygen atoms in total. The van der Waals surface area contributed by atoms with Crippen LogP contribution < -0.4 is 5.73 Å². The van der Waals surface area contributed by atoms with E-state index in [0.29, 0.717) is 5.69 Å². The van der Waals surface area contributed by atoms with Crippen LogP contribution in [0.5, 0.6) is 0 Å². The molecule has 1 aromatic rings. The monoisotopic (exact) mass is 309 g/mol. The molecule has 1 rings (SSSR count). The number of halogens is 3. The SMILES string of the molecule is N#Cc1nc(CN)cc(C(F)F)c1I. The van der Waals surface area contributed by atoms with Crippen molar-refractivity contribution in [3.63, 3.8) is 0 Å². The smallest absolute Gasteiger partial charge is 0.265 e. The molecular weight excluding hydrogens is 303 g/mol. The number of alkyl halides is 2. The maximum Gasteiger partial charge on any atom is 0.265 e. The van der Waals surface area contributed by atoms with Crippen LogP contribution in [0.1, 0.15) is 23.4 Å². The summed E-state index contributed by atoms with van der Waals surface area (Å²) in [6.07, 6.45) is -2.61. The molecule has 0 aromatic carbocycles. The molecule has 0 saturated carbocycles. The Morgan fingerprint density at radius 1 is 1.64 bits per heavy atom. The molecular formula is C8H6F2IN3. The summed E-state index contributed by atoms with van der Waals surface area (Å²) in [7, 11) is 0. The van der Waals surface area contributed by atoms with Gasteiger partial charge in [0.05, 0.1) is 9.26 Å². The Balaban J connectivity index is 3.36. The maximum atomic E-state index is 12.5. The summed E-state index contributed by atoms with van der Waals surface area (Å²) in [6, 6.07) is 2.99. The van der Waals surface area contributed by atoms with E-state index in [1.807, 2.05) is 0 Å². The summed E-state index contributed by atoms with van der Waals surface area (Å²) >= 11 is 1.68. The number of nitriles is 1. The topological polar surface area (TPSA) is 62.7 Å². The van der Waals surface area contributed by atoms with Crippen molar-refractivity contribution in [2.75, 3.05) is 0 Å². The van der Waals surface area contributed by atoms with E-state index >= 15 is 0 Å². The lowest BCUT2D eigenvalue weighted by atomic mass is 10.2. The molecule has 0 radical (unpaired) electrons. The van der Waals surface area contributed by atoms with Gasteiger partial charge in [0.1, 0.15) is 6.07 Å². The van der Waals surface area contributed by atoms with Gasteiger partial charge in [0.25, 0.3) is 6.43 Å². The zero-order valence-corrected chi connectivity index (χ0v) is 9.12. The molecule has 0 unspecified atom stereocenters. The van der Waals surface area contributed by atoms with E-state index in [1.54, 1.807) is 28.7 Å². The van der Waals surface area contributed by atoms with Gasteiger partial charge in [-0.1, -0.05) is 0 Å². The number of pyridine rings is 1. The molecule has 1 aromatic heterocycles. The second-order valence-corrected chi connectivity index (χ2v) is 3.56. The third-order valence-corrected chi connectivity index (χ3v) is 2.72. The molecule has 0 bridgehead atoms. The summed E-state index contributed by atoms with van der Waals surface area (Å²) in [5, 5.41) is 8.64. The summed E-state index contributed by atoms with van der Waals surface area (Å²) < 4.78 is 25.1. The number of nitrogens with two attached hydrogens (primary N) is 1. The Morgan fingerprint density at radius 3 is 2.71 bits per heavy atom. The second kappa shape index (κ2) is 4.61. The normalized spacial score (nSPS) is 10.3. The van der Waals surface area contributed by atoms with Crippen LogP contribution >= 0.6 is 22.6 Å². The molecule has 0 aliphatic rings. The molecule has 1 heterocycles. The van der Waals surface area contributed by atoms with Crippen LogP contribution in [0, 0.1) is 14.9 Å². The third kappa shape index (κ3) is 2.16. The zero-order chi connectivity index (χ0) is 10.7. The van der Waals surface area contributed by atoms with E-state index in [1.165, 1.54) is 6.07 Å². The fourth-order valence-corrected chi connectivity index (χ4v) is 1.57. The first-order chi connectivity index (χ1) is 6.60. The van der Waals surface area contributed by atoms with Gasteiger partial charge in [0, 0.05) is 12.1 Å². The zero-order valence-electron chi connectivity index (χ0n) is 6.97. The predicted octanol–water partition coefficient (Wildman–Crippen LogP) is 1.95. The van der Waals surface area contributed by atoms with Gasteiger partial charge in [0.2, 0.25) is 0 Å². The Kier molecular flexibility index (Phi) is 3.71. The highest BCUT2D eigenvalue weighted by Crippen LogP contribution is 2.26. The van der Waals surface area contributed by atoms with Gasteiger partial charge in [-0.25, -0.2) is 13.8 Å². The van der Waals surface area contributed by atoms with Crippen molar-refractivity contribution < 1.29 is 8.78 Å². The third-order valence-electron chi connectivity index (χ3n) is 1.59. The lowest BCUT2D eigenvalue weighted by molar-refractivity contribution is 0.150. The summed E-state index contributed by atoms with van der Waals surface area (Å²) in [4.78, 5) is 3.83. The van der Waals surface area contributed by atoms with Crippen LogP contribution in [0.4, 0.5) is 8.78 Å². The minimum Gasteiger partial charge on any atom is -0.325 e. The summed E-state index contributed by atoms with van der Waals surface area (Å²) in [5.74, 6) is 0. The van der Waals surface area contributed by atoms with Gasteiger partial charge in [-0.3, -0.25) is 0 Å². The van der Waals surface area contributed by atoms with Gasteiger partial charge in [-0.15, -0.1) is 0 Å². The van der Waals surface area contributed by atoms with Crippen molar-refractivity contribution in [3.05, 3.63) is 26.6 Å². The predicted molar refractivity (Wildman–Crippen MR) is 54.5 cm³/mol. The standard InChI is InChI=1S/C8H6F2IN3/c9-8(10)5-1-4(2-12)14-6(3-13)7(5)11/h1,8H,2,12H2. The van der Waals surface area contributed by atoms with E-state index in [0.717, 1.165) is 0 Å². The van der Waals surface area contributed by atoms with Crippen LogP contribution in [-0.2, 0) is 6.54 Å². The summed E-state index contributed by atoms with van der Waals surface area (Å²) in [5.41, 5.74) is 5.40. The van der Waals surface area contributed by atoms with Gasteiger partial charge >= 0.3 is 0 Å². The lowest BCUT2D eigenvalue weighted by Crippen LogP contribution is -2.05. The molecule has 74 valence electrons. The molecule has 0 fully saturated rings. The largest absolute Gasteiger partial charge is 0.325 e. The first-order valence-electron chi connectivity index (χ1n) is 3.67. The molecule has 0 aliphatic heterocycles. The average molecular weight is 309 g/mol. The molecule has 14 heavy (non-hydrogen) atoms. The van der Waals surface area contributed by atoms with Gasteiger partial charge in [0.15, 0.2) is 5.69 Å². The maximum absolute atomic E-state index is 12.5. The van der Waals surface area contributed by atoms with Crippen molar-refractivity contribution in [2.45, 2.75) is 13.0 Å². The second-order valence-electron chi connectivity index (χ2n) is 2.48. The first kappa shape index (κ1) is 11.3. The first-order valence-corrected chi connectivity index (χ1v) is 4.75. The van der Waals surface area contributed by atoms with E-state index in [4.69, 9.17) is 11.0 Å². The van der Waals surface area contributed by atoms with E-state index in [-0.39, 0.29) is 21.4 Å². The molecule has 6 heteroatoms. The van der Waals surface area contributed by atoms with E-state index in [9.17, 15) is 8.78 Å². The molecule has 0 amide bonds. The number of nitrogens with zero attached hydrogens (tertiary/aromatic N) is 2. The van der Waals surface area contributed by atoms with Crippen LogP contribution in [0.3, 0.4) is 0 Å². The van der Waals surface area contributed by atoms with Crippen LogP contribution in [-0.4, -0.2) is 4.98 Å². The quantitative estimate of drug-likeness (QED) is 0.849. The minimum atomic E-state index is -2.61. The lowest BCUT2D eigenvalue weighted by Gasteiger charge is -2.06. The van der Waals surface area contributed by atoms with Gasteiger partial charge < -0.3 is 5.73 Å². The van der Waals surface area contributed by atoms with Crippen LogP contribution in [0.25, 0.3) is 0 Å². The van der Waals surface area contributed by atoms with Crippen molar-refractivity contribution in [1.29, 1.82) is 5.26 Å². The van der Waals surface area contributed by atoms with E-state index < -0.39 is 6.43 Å². The molecule has 0 atom stereocenters. The highest BCUT2D eigenvalue weighted by molar-refractivity contribution is 14.1. The highest BCUT2D eigenvalue weighted by Gasteiger charge is 2.16. The molecule has 0 aliphatic carbocycles. The van der Waals surface area contributed by atoms with E-state index in [2.05, 4.69) is 4.98 Å². The number of aromatic nitrogens is 1. The molecule has 0 spiro atoms. The number of rotatable bonds is 2. The summed E-state index contributed by atoms with van der Waals surface area (Å²) in [6.45, 7) is 0.0469. The fourth-order valence-electron chi connectivity index (χ4n) is 0.942. The Morgan fingerprint density at radius 2 is 2.29 bits per heavy atom. The Hall–Kier alpha value is -0.810. The van der Waals surface area contributed by atoms with Crippen LogP contribution in [0.2, 0.25) is 0 Å². The van der Waals surface area contributed by atoms with Crippen molar-refractivity contribution in [1.82, 2.24) is 4.98 Å². The molecule has 2 N–H and O–H groups in total. The van der Waals surface area contributed by atoms with Gasteiger partial charge in [-0.05, 0) is 28.7 Å². The van der Waals surface area contributed by atoms with Crippen molar-refractivity contribution in [2.24, 2.45) is 5.73 Å². The average Bonchev–Trinajstić information content (AvgIpc) is 2.17. The van der Waals surface area contributed by atoms with Crippen LogP contribution in [0.15, 0.2) is 6.07 Å². The van der Waals surface area contributed by atoms with Crippen molar-refractivity contribution in [3.8, 4) is 6.07 Å². The van der Waals surface area contributed by atoms with Gasteiger partial charge in [-0.2, -0.15) is 5.26 Å². The minimum absolute atomic E-state index is 0.00356.